The van der Waals surface area contributed by atoms with Crippen molar-refractivity contribution in [3.8, 4) is 0 Å². The number of hydrogen-bond donors (Lipinski definition) is 0. The molecule has 6 rings (SSSR count). The molecular weight excluding hydrogens is 367 g/mol. The van der Waals surface area contributed by atoms with Crippen LogP contribution in [0.15, 0.2) is 91.0 Å². The van der Waals surface area contributed by atoms with Crippen molar-refractivity contribution >= 4 is 35.6 Å². The van der Waals surface area contributed by atoms with E-state index in [1.54, 1.807) is 10.9 Å². The van der Waals surface area contributed by atoms with Crippen molar-refractivity contribution < 1.29 is 0 Å². The summed E-state index contributed by atoms with van der Waals surface area (Å²) in [5.41, 5.74) is 4.65. The van der Waals surface area contributed by atoms with E-state index in [9.17, 15) is 0 Å². The van der Waals surface area contributed by atoms with Gasteiger partial charge in [-0.15, -0.1) is 0 Å². The van der Waals surface area contributed by atoms with Crippen molar-refractivity contribution in [2.45, 2.75) is 12.6 Å². The van der Waals surface area contributed by atoms with Crippen molar-refractivity contribution in [1.29, 1.82) is 0 Å². The summed E-state index contributed by atoms with van der Waals surface area (Å²) < 4.78 is 0. The summed E-state index contributed by atoms with van der Waals surface area (Å²) in [5, 5.41) is 7.18. The molecule has 0 radical (unpaired) electrons. The van der Waals surface area contributed by atoms with Gasteiger partial charge in [0.15, 0.2) is 0 Å². The summed E-state index contributed by atoms with van der Waals surface area (Å²) in [7, 11) is -0.209. The topological polar surface area (TPSA) is 0 Å². The first-order chi connectivity index (χ1) is 14.4. The maximum atomic E-state index is 2.47. The molecule has 0 N–H and O–H groups in total. The lowest BCUT2D eigenvalue weighted by atomic mass is 9.82. The molecule has 0 fully saturated rings. The van der Waals surface area contributed by atoms with Crippen LogP contribution in [0.5, 0.6) is 0 Å². The highest BCUT2D eigenvalue weighted by Crippen LogP contribution is 2.50. The predicted molar refractivity (Wildman–Crippen MR) is 126 cm³/mol. The van der Waals surface area contributed by atoms with Gasteiger partial charge in [0.25, 0.3) is 0 Å². The molecule has 1 unspecified atom stereocenters. The second-order valence-electron chi connectivity index (χ2n) is 8.17. The molecule has 0 saturated carbocycles. The predicted octanol–water partition coefficient (Wildman–Crippen LogP) is 5.16. The van der Waals surface area contributed by atoms with Crippen LogP contribution >= 0.6 is 7.92 Å². The fourth-order valence-electron chi connectivity index (χ4n) is 5.17. The molecule has 0 amide bonds. The smallest absolute Gasteiger partial charge is 0.00263 e. The molecule has 140 valence electrons. The minimum absolute atomic E-state index is 0.209. The van der Waals surface area contributed by atoms with Gasteiger partial charge in [-0.1, -0.05) is 105 Å². The Morgan fingerprint density at radius 3 is 2.45 bits per heavy atom. The van der Waals surface area contributed by atoms with Crippen molar-refractivity contribution in [1.82, 2.24) is 0 Å². The highest BCUT2D eigenvalue weighted by atomic mass is 31.1. The fourth-order valence-corrected chi connectivity index (χ4v) is 7.82. The van der Waals surface area contributed by atoms with Crippen LogP contribution < -0.4 is 15.7 Å². The van der Waals surface area contributed by atoms with E-state index in [4.69, 9.17) is 0 Å². The summed E-state index contributed by atoms with van der Waals surface area (Å²) in [4.78, 5) is 0. The van der Waals surface area contributed by atoms with Crippen LogP contribution in [0.1, 0.15) is 17.5 Å². The average molecular weight is 390 g/mol. The Morgan fingerprint density at radius 1 is 0.724 bits per heavy atom. The van der Waals surface area contributed by atoms with Gasteiger partial charge < -0.3 is 0 Å². The summed E-state index contributed by atoms with van der Waals surface area (Å²) in [6.45, 7) is 0. The van der Waals surface area contributed by atoms with Crippen LogP contribution in [0, 0.1) is 5.92 Å². The van der Waals surface area contributed by atoms with Gasteiger partial charge in [-0.05, 0) is 67.9 Å². The molecular formula is C28H23P. The van der Waals surface area contributed by atoms with Crippen LogP contribution in [0.4, 0.5) is 0 Å². The van der Waals surface area contributed by atoms with E-state index in [0.29, 0.717) is 5.92 Å². The zero-order valence-electron chi connectivity index (χ0n) is 16.4. The molecule has 0 nitrogen and oxygen atoms in total. The first kappa shape index (κ1) is 17.2. The first-order valence-corrected chi connectivity index (χ1v) is 12.2. The molecule has 4 aromatic rings. The van der Waals surface area contributed by atoms with Crippen LogP contribution in [0.2, 0.25) is 0 Å². The summed E-state index contributed by atoms with van der Waals surface area (Å²) in [6, 6.07) is 33.9. The standard InChI is InChI=1S/C28H23P/c1-2-10-24(11-3-1)29-18-22-16-14-20-8-4-6-12-25(20)27(22)28-23(19-29)17-15-21-9-5-7-13-26(21)28/h1-16,23H,17-19H2/t23-,29?/m0/s1. The zero-order chi connectivity index (χ0) is 19.2. The van der Waals surface area contributed by atoms with E-state index in [1.807, 2.05) is 0 Å². The molecule has 0 bridgehead atoms. The summed E-state index contributed by atoms with van der Waals surface area (Å²) in [5.74, 6) is 0.600. The Balaban J connectivity index is 1.69. The van der Waals surface area contributed by atoms with Gasteiger partial charge in [0, 0.05) is 0 Å². The maximum absolute atomic E-state index is 2.47. The lowest BCUT2D eigenvalue weighted by molar-refractivity contribution is 0.786. The minimum atomic E-state index is -0.209. The van der Waals surface area contributed by atoms with E-state index in [0.717, 1.165) is 6.42 Å². The van der Waals surface area contributed by atoms with Crippen LogP contribution in [0.3, 0.4) is 0 Å². The van der Waals surface area contributed by atoms with E-state index in [-0.39, 0.29) is 7.92 Å². The largest absolute Gasteiger partial charge is 0.0760 e. The van der Waals surface area contributed by atoms with Gasteiger partial charge in [0.1, 0.15) is 0 Å². The van der Waals surface area contributed by atoms with E-state index < -0.39 is 0 Å². The van der Waals surface area contributed by atoms with Gasteiger partial charge in [0.2, 0.25) is 0 Å². The van der Waals surface area contributed by atoms with Gasteiger partial charge in [0.05, 0.1) is 0 Å². The Morgan fingerprint density at radius 2 is 1.52 bits per heavy atom. The van der Waals surface area contributed by atoms with Crippen molar-refractivity contribution in [3.05, 3.63) is 113 Å². The van der Waals surface area contributed by atoms with Crippen LogP contribution in [0.25, 0.3) is 22.4 Å². The van der Waals surface area contributed by atoms with Crippen molar-refractivity contribution in [2.24, 2.45) is 5.92 Å². The average Bonchev–Trinajstić information content (AvgIpc) is 2.97. The number of fused-ring (bicyclic) bond motifs is 6. The normalized spacial score (nSPS) is 20.2. The molecule has 0 aromatic heterocycles. The highest BCUT2D eigenvalue weighted by Gasteiger charge is 2.30. The number of hydrogen-bond acceptors (Lipinski definition) is 0. The summed E-state index contributed by atoms with van der Waals surface area (Å²) in [6.07, 6.45) is 6.09. The van der Waals surface area contributed by atoms with Gasteiger partial charge >= 0.3 is 0 Å². The molecule has 0 saturated heterocycles. The Hall–Kier alpha value is -2.69. The minimum Gasteiger partial charge on any atom is -0.0760 e. The SMILES string of the molecule is C1=c2ccccc2=C2c3c(ccc4ccccc34)CP(c3ccccc3)C[C@@H]2C1. The van der Waals surface area contributed by atoms with Crippen LogP contribution in [-0.4, -0.2) is 6.16 Å². The lowest BCUT2D eigenvalue weighted by Crippen LogP contribution is -2.33. The Labute approximate surface area is 173 Å². The third-order valence-corrected chi connectivity index (χ3v) is 9.12. The molecule has 1 aliphatic carbocycles. The Kier molecular flexibility index (Phi) is 4.13. The molecule has 1 aliphatic heterocycles. The lowest BCUT2D eigenvalue weighted by Gasteiger charge is -2.25. The van der Waals surface area contributed by atoms with E-state index in [2.05, 4.69) is 97.1 Å². The Bertz CT molecular complexity index is 1330. The molecule has 4 aromatic carbocycles. The van der Waals surface area contributed by atoms with E-state index >= 15 is 0 Å². The molecule has 2 aliphatic rings. The second-order valence-corrected chi connectivity index (χ2v) is 10.5. The van der Waals surface area contributed by atoms with E-state index in [1.165, 1.54) is 44.7 Å². The maximum Gasteiger partial charge on any atom is -0.00263 e. The number of benzene rings is 4. The van der Waals surface area contributed by atoms with Gasteiger partial charge in [-0.25, -0.2) is 0 Å². The highest BCUT2D eigenvalue weighted by molar-refractivity contribution is 7.64. The molecule has 1 heteroatoms. The van der Waals surface area contributed by atoms with Crippen molar-refractivity contribution in [3.63, 3.8) is 0 Å². The van der Waals surface area contributed by atoms with Crippen LogP contribution in [-0.2, 0) is 6.16 Å². The number of rotatable bonds is 1. The van der Waals surface area contributed by atoms with Gasteiger partial charge in [-0.2, -0.15) is 0 Å². The molecule has 0 spiro atoms. The third-order valence-electron chi connectivity index (χ3n) is 6.49. The fraction of sp³-hybridized carbons (Fsp3) is 0.143. The zero-order valence-corrected chi connectivity index (χ0v) is 17.3. The van der Waals surface area contributed by atoms with Crippen molar-refractivity contribution in [2.75, 3.05) is 6.16 Å². The summed E-state index contributed by atoms with van der Waals surface area (Å²) >= 11 is 0. The second kappa shape index (κ2) is 6.97. The van der Waals surface area contributed by atoms with Gasteiger partial charge in [-0.3, -0.25) is 0 Å². The molecule has 29 heavy (non-hydrogen) atoms. The first-order valence-electron chi connectivity index (χ1n) is 10.5. The third kappa shape index (κ3) is 2.86. The monoisotopic (exact) mass is 390 g/mol. The quantitative estimate of drug-likeness (QED) is 0.394. The molecule has 1 heterocycles. The molecule has 2 atom stereocenters.